The quantitative estimate of drug-likeness (QED) is 0.383. The highest BCUT2D eigenvalue weighted by molar-refractivity contribution is 7.90. The minimum Gasteiger partial charge on any atom is -0.497 e. The van der Waals surface area contributed by atoms with Crippen LogP contribution in [0.5, 0.6) is 5.75 Å². The predicted molar refractivity (Wildman–Crippen MR) is 111 cm³/mol. The van der Waals surface area contributed by atoms with Crippen molar-refractivity contribution in [2.75, 3.05) is 7.11 Å². The van der Waals surface area contributed by atoms with Crippen molar-refractivity contribution in [3.63, 3.8) is 0 Å². The van der Waals surface area contributed by atoms with E-state index < -0.39 is 55.0 Å². The Morgan fingerprint density at radius 3 is 2.33 bits per heavy atom. The summed E-state index contributed by atoms with van der Waals surface area (Å²) < 4.78 is 88.8. The Balaban J connectivity index is 1.73. The summed E-state index contributed by atoms with van der Waals surface area (Å²) in [5, 5.41) is 7.64. The van der Waals surface area contributed by atoms with Crippen LogP contribution in [0.2, 0.25) is 0 Å². The monoisotopic (exact) mass is 477 g/mol. The molecule has 0 amide bonds. The Kier molecular flexibility index (Phi) is 5.90. The van der Waals surface area contributed by atoms with Gasteiger partial charge in [-0.1, -0.05) is 29.5 Å². The van der Waals surface area contributed by atoms with Gasteiger partial charge in [0.25, 0.3) is 0 Å². The molecule has 0 saturated heterocycles. The molecular formula is C22H15F4N3O3S. The standard InChI is InChI=1S/C22H15F4N3O3S/c1-32-15-5-2-4-13(10-15)19-11-29(28-27-19)21-16(23)9-8-14(20(21)26)12-33(30,31)22-17(24)6-3-7-18(22)25/h2-11H,12H2,1H3. The predicted octanol–water partition coefficient (Wildman–Crippen LogP) is 4.47. The zero-order valence-corrected chi connectivity index (χ0v) is 17.8. The fourth-order valence-corrected chi connectivity index (χ4v) is 4.76. The van der Waals surface area contributed by atoms with Gasteiger partial charge in [0.15, 0.2) is 21.5 Å². The second-order valence-electron chi connectivity index (χ2n) is 6.96. The van der Waals surface area contributed by atoms with Crippen LogP contribution in [0.15, 0.2) is 65.7 Å². The maximum atomic E-state index is 15.2. The first-order valence-electron chi connectivity index (χ1n) is 9.42. The Morgan fingerprint density at radius 1 is 0.939 bits per heavy atom. The zero-order chi connectivity index (χ0) is 23.8. The Hall–Kier alpha value is -3.73. The highest BCUT2D eigenvalue weighted by atomic mass is 32.2. The summed E-state index contributed by atoms with van der Waals surface area (Å²) in [6.07, 6.45) is 1.26. The second kappa shape index (κ2) is 8.66. The average Bonchev–Trinajstić information content (AvgIpc) is 3.25. The summed E-state index contributed by atoms with van der Waals surface area (Å²) in [7, 11) is -3.15. The largest absolute Gasteiger partial charge is 0.497 e. The number of rotatable bonds is 6. The van der Waals surface area contributed by atoms with Gasteiger partial charge in [0, 0.05) is 11.1 Å². The normalized spacial score (nSPS) is 11.5. The molecule has 4 rings (SSSR count). The highest BCUT2D eigenvalue weighted by Gasteiger charge is 2.27. The van der Waals surface area contributed by atoms with Gasteiger partial charge in [-0.05, 0) is 30.3 Å². The summed E-state index contributed by atoms with van der Waals surface area (Å²) in [6.45, 7) is 0. The van der Waals surface area contributed by atoms with E-state index in [-0.39, 0.29) is 5.69 Å². The molecule has 6 nitrogen and oxygen atoms in total. The van der Waals surface area contributed by atoms with Crippen molar-refractivity contribution < 1.29 is 30.7 Å². The maximum Gasteiger partial charge on any atom is 0.188 e. The average molecular weight is 477 g/mol. The van der Waals surface area contributed by atoms with E-state index in [0.717, 1.165) is 35.0 Å². The van der Waals surface area contributed by atoms with Crippen molar-refractivity contribution in [3.8, 4) is 22.7 Å². The molecule has 3 aromatic carbocycles. The zero-order valence-electron chi connectivity index (χ0n) is 17.0. The van der Waals surface area contributed by atoms with Crippen molar-refractivity contribution >= 4 is 9.84 Å². The second-order valence-corrected chi connectivity index (χ2v) is 8.89. The fourth-order valence-electron chi connectivity index (χ4n) is 3.25. The van der Waals surface area contributed by atoms with Crippen molar-refractivity contribution in [3.05, 3.63) is 89.6 Å². The summed E-state index contributed by atoms with van der Waals surface area (Å²) in [4.78, 5) is -1.18. The SMILES string of the molecule is COc1cccc(-c2cn(-c3c(F)ccc(CS(=O)(=O)c4c(F)cccc4F)c3F)nn2)c1. The van der Waals surface area contributed by atoms with Crippen molar-refractivity contribution in [1.82, 2.24) is 15.0 Å². The summed E-state index contributed by atoms with van der Waals surface area (Å²) in [5.74, 6) is -5.47. The van der Waals surface area contributed by atoms with Gasteiger partial charge in [-0.2, -0.15) is 0 Å². The van der Waals surface area contributed by atoms with Crippen LogP contribution in [0.3, 0.4) is 0 Å². The van der Waals surface area contributed by atoms with Gasteiger partial charge < -0.3 is 4.74 Å². The van der Waals surface area contributed by atoms with Crippen molar-refractivity contribution in [1.29, 1.82) is 0 Å². The van der Waals surface area contributed by atoms with Gasteiger partial charge >= 0.3 is 0 Å². The lowest BCUT2D eigenvalue weighted by Gasteiger charge is -2.11. The minimum absolute atomic E-state index is 0.277. The molecule has 0 atom stereocenters. The molecule has 170 valence electrons. The lowest BCUT2D eigenvalue weighted by Crippen LogP contribution is -2.13. The van der Waals surface area contributed by atoms with Crippen LogP contribution in [0.4, 0.5) is 17.6 Å². The van der Waals surface area contributed by atoms with E-state index in [9.17, 15) is 21.6 Å². The molecule has 0 aliphatic rings. The molecule has 0 aliphatic heterocycles. The van der Waals surface area contributed by atoms with Gasteiger partial charge in [-0.25, -0.2) is 30.7 Å². The molecule has 1 heterocycles. The van der Waals surface area contributed by atoms with E-state index >= 15 is 4.39 Å². The fraction of sp³-hybridized carbons (Fsp3) is 0.0909. The van der Waals surface area contributed by atoms with E-state index in [1.807, 2.05) is 0 Å². The van der Waals surface area contributed by atoms with E-state index in [4.69, 9.17) is 4.74 Å². The molecule has 4 aromatic rings. The molecule has 0 bridgehead atoms. The third-order valence-electron chi connectivity index (χ3n) is 4.81. The lowest BCUT2D eigenvalue weighted by atomic mass is 10.1. The molecular weight excluding hydrogens is 462 g/mol. The number of methoxy groups -OCH3 is 1. The molecule has 1 aromatic heterocycles. The third kappa shape index (κ3) is 4.31. The third-order valence-corrected chi connectivity index (χ3v) is 6.51. The lowest BCUT2D eigenvalue weighted by molar-refractivity contribution is 0.415. The summed E-state index contributed by atoms with van der Waals surface area (Å²) >= 11 is 0. The van der Waals surface area contributed by atoms with Crippen LogP contribution in [0.1, 0.15) is 5.56 Å². The number of hydrogen-bond donors (Lipinski definition) is 0. The maximum absolute atomic E-state index is 15.2. The van der Waals surface area contributed by atoms with Crippen LogP contribution in [0, 0.1) is 23.3 Å². The van der Waals surface area contributed by atoms with E-state index in [0.29, 0.717) is 11.3 Å². The van der Waals surface area contributed by atoms with Crippen molar-refractivity contribution in [2.45, 2.75) is 10.6 Å². The molecule has 0 unspecified atom stereocenters. The Labute approximate surface area is 186 Å². The molecule has 0 saturated carbocycles. The highest BCUT2D eigenvalue weighted by Crippen LogP contribution is 2.28. The number of aromatic nitrogens is 3. The Bertz CT molecular complexity index is 1440. The van der Waals surface area contributed by atoms with Gasteiger partial charge in [0.2, 0.25) is 0 Å². The molecule has 0 radical (unpaired) electrons. The number of benzene rings is 3. The van der Waals surface area contributed by atoms with E-state index in [1.165, 1.54) is 13.3 Å². The molecule has 0 N–H and O–H groups in total. The first-order chi connectivity index (χ1) is 15.7. The summed E-state index contributed by atoms with van der Waals surface area (Å²) in [5.41, 5.74) is -0.333. The number of nitrogens with zero attached hydrogens (tertiary/aromatic N) is 3. The molecule has 11 heteroatoms. The van der Waals surface area contributed by atoms with Gasteiger partial charge in [-0.15, -0.1) is 5.10 Å². The molecule has 0 spiro atoms. The van der Waals surface area contributed by atoms with Crippen LogP contribution < -0.4 is 4.74 Å². The van der Waals surface area contributed by atoms with Crippen molar-refractivity contribution in [2.24, 2.45) is 0 Å². The van der Waals surface area contributed by atoms with Gasteiger partial charge in [0.05, 0.1) is 19.1 Å². The van der Waals surface area contributed by atoms with E-state index in [1.54, 1.807) is 24.3 Å². The topological polar surface area (TPSA) is 74.1 Å². The van der Waals surface area contributed by atoms with Crippen LogP contribution in [0.25, 0.3) is 16.9 Å². The first kappa shape index (κ1) is 22.5. The smallest absolute Gasteiger partial charge is 0.188 e. The van der Waals surface area contributed by atoms with E-state index in [2.05, 4.69) is 10.3 Å². The first-order valence-corrected chi connectivity index (χ1v) is 11.1. The molecule has 33 heavy (non-hydrogen) atoms. The molecule has 0 aliphatic carbocycles. The van der Waals surface area contributed by atoms with Gasteiger partial charge in [-0.3, -0.25) is 0 Å². The van der Waals surface area contributed by atoms with Crippen LogP contribution in [-0.4, -0.2) is 30.5 Å². The summed E-state index contributed by atoms with van der Waals surface area (Å²) in [6, 6.07) is 11.0. The van der Waals surface area contributed by atoms with Crippen LogP contribution >= 0.6 is 0 Å². The number of halogens is 4. The minimum atomic E-state index is -4.63. The number of hydrogen-bond acceptors (Lipinski definition) is 5. The number of ether oxygens (including phenoxy) is 1. The Morgan fingerprint density at radius 2 is 1.64 bits per heavy atom. The number of sulfone groups is 1. The van der Waals surface area contributed by atoms with Crippen LogP contribution in [-0.2, 0) is 15.6 Å². The molecule has 0 fully saturated rings. The van der Waals surface area contributed by atoms with Gasteiger partial charge in [0.1, 0.15) is 33.7 Å².